The molecule has 3 aliphatic rings. The molecule has 3 aliphatic heterocycles. The number of nitrogens with one attached hydrogen (secondary N) is 1. The average Bonchev–Trinajstić information content (AvgIpc) is 2.59. The molecule has 3 saturated heterocycles. The second-order valence-corrected chi connectivity index (χ2v) is 5.59. The molecule has 1 atom stereocenters. The molecule has 0 spiro atoms. The Morgan fingerprint density at radius 3 is 2.89 bits per heavy atom. The maximum Gasteiger partial charge on any atom is 0.342 e. The smallest absolute Gasteiger partial charge is 0.332 e. The number of amides is 1. The third-order valence-corrected chi connectivity index (χ3v) is 4.05. The number of aromatic nitrogens is 2. The topological polar surface area (TPSA) is 50.2 Å². The highest BCUT2D eigenvalue weighted by Crippen LogP contribution is 2.26. The Morgan fingerprint density at radius 2 is 2.22 bits per heavy atom. The molecule has 1 aromatic rings. The predicted octanol–water partition coefficient (Wildman–Crippen LogP) is 1.23. The number of fused-ring (bicyclic) bond motifs is 4. The van der Waals surface area contributed by atoms with Crippen molar-refractivity contribution in [2.24, 2.45) is 5.92 Å². The lowest BCUT2D eigenvalue weighted by Crippen LogP contribution is -2.43. The zero-order valence-corrected chi connectivity index (χ0v) is 10.8. The second-order valence-electron chi connectivity index (χ2n) is 5.59. The molecule has 4 rings (SSSR count). The summed E-state index contributed by atoms with van der Waals surface area (Å²) in [5.41, 5.74) is 1.01. The number of rotatable bonds is 1. The summed E-state index contributed by atoms with van der Waals surface area (Å²) in [6.07, 6.45) is 7.16. The van der Waals surface area contributed by atoms with Crippen molar-refractivity contribution >= 4 is 6.03 Å². The normalized spacial score (nSPS) is 31.1. The first-order valence-electron chi connectivity index (χ1n) is 6.75. The molecule has 2 bridgehead atoms. The number of hydrogen-bond acceptors (Lipinski definition) is 3. The standard InChI is InChI=1S/C13H20N4O/c1-10-7-14-17(8-10)13(18)15-12-6-11-2-4-16(9-12)5-3-11/h7-8,11-12H,2-6,9H2,1H3,(H,15,18). The molecule has 0 radical (unpaired) electrons. The molecule has 4 heterocycles. The van der Waals surface area contributed by atoms with E-state index in [1.165, 1.54) is 30.6 Å². The van der Waals surface area contributed by atoms with Gasteiger partial charge >= 0.3 is 6.03 Å². The van der Waals surface area contributed by atoms with Crippen LogP contribution >= 0.6 is 0 Å². The van der Waals surface area contributed by atoms with Gasteiger partial charge < -0.3 is 10.2 Å². The largest absolute Gasteiger partial charge is 0.342 e. The highest BCUT2D eigenvalue weighted by atomic mass is 16.2. The van der Waals surface area contributed by atoms with E-state index < -0.39 is 0 Å². The van der Waals surface area contributed by atoms with Gasteiger partial charge in [-0.1, -0.05) is 0 Å². The first-order chi connectivity index (χ1) is 8.70. The van der Waals surface area contributed by atoms with E-state index in [0.717, 1.165) is 24.4 Å². The van der Waals surface area contributed by atoms with E-state index in [1.54, 1.807) is 12.4 Å². The molecule has 1 N–H and O–H groups in total. The van der Waals surface area contributed by atoms with E-state index >= 15 is 0 Å². The number of piperidine rings is 1. The zero-order chi connectivity index (χ0) is 12.5. The molecule has 98 valence electrons. The van der Waals surface area contributed by atoms with Gasteiger partial charge in [-0.05, 0) is 50.8 Å². The number of aryl methyl sites for hydroxylation is 1. The number of carbonyl (C=O) groups is 1. The maximum atomic E-state index is 12.0. The molecule has 1 amide bonds. The van der Waals surface area contributed by atoms with Crippen molar-refractivity contribution in [2.45, 2.75) is 32.2 Å². The summed E-state index contributed by atoms with van der Waals surface area (Å²) in [4.78, 5) is 14.5. The lowest BCUT2D eigenvalue weighted by atomic mass is 9.94. The van der Waals surface area contributed by atoms with E-state index in [1.807, 2.05) is 6.92 Å². The Bertz CT molecular complexity index is 420. The fraction of sp³-hybridized carbons (Fsp3) is 0.692. The van der Waals surface area contributed by atoms with Crippen molar-refractivity contribution in [3.63, 3.8) is 0 Å². The quantitative estimate of drug-likeness (QED) is 0.813. The van der Waals surface area contributed by atoms with E-state index in [0.29, 0.717) is 0 Å². The fourth-order valence-electron chi connectivity index (χ4n) is 3.06. The summed E-state index contributed by atoms with van der Waals surface area (Å²) >= 11 is 0. The van der Waals surface area contributed by atoms with Crippen LogP contribution in [-0.2, 0) is 0 Å². The van der Waals surface area contributed by atoms with E-state index in [9.17, 15) is 4.79 Å². The SMILES string of the molecule is Cc1cnn(C(=O)NC2CC3CCN(CC3)C2)c1. The minimum Gasteiger partial charge on any atom is -0.332 e. The summed E-state index contributed by atoms with van der Waals surface area (Å²) in [5.74, 6) is 0.786. The van der Waals surface area contributed by atoms with Gasteiger partial charge in [0.05, 0.1) is 6.20 Å². The minimum absolute atomic E-state index is 0.101. The van der Waals surface area contributed by atoms with Crippen molar-refractivity contribution < 1.29 is 4.79 Å². The van der Waals surface area contributed by atoms with Crippen LogP contribution in [0.4, 0.5) is 4.79 Å². The molecule has 1 aromatic heterocycles. The highest BCUT2D eigenvalue weighted by molar-refractivity contribution is 5.76. The van der Waals surface area contributed by atoms with E-state index in [2.05, 4.69) is 15.3 Å². The van der Waals surface area contributed by atoms with Crippen LogP contribution in [0.15, 0.2) is 12.4 Å². The van der Waals surface area contributed by atoms with Crippen molar-refractivity contribution in [1.29, 1.82) is 0 Å². The van der Waals surface area contributed by atoms with Crippen LogP contribution < -0.4 is 5.32 Å². The van der Waals surface area contributed by atoms with Crippen LogP contribution in [0.2, 0.25) is 0 Å². The first kappa shape index (κ1) is 11.7. The van der Waals surface area contributed by atoms with Gasteiger partial charge in [0.15, 0.2) is 0 Å². The average molecular weight is 248 g/mol. The monoisotopic (exact) mass is 248 g/mol. The molecular formula is C13H20N4O. The van der Waals surface area contributed by atoms with Crippen LogP contribution in [0.3, 0.4) is 0 Å². The minimum atomic E-state index is -0.101. The van der Waals surface area contributed by atoms with Crippen LogP contribution in [-0.4, -0.2) is 46.4 Å². The lowest BCUT2D eigenvalue weighted by Gasteiger charge is -2.26. The van der Waals surface area contributed by atoms with E-state index in [4.69, 9.17) is 0 Å². The van der Waals surface area contributed by atoms with Crippen molar-refractivity contribution in [2.75, 3.05) is 19.6 Å². The van der Waals surface area contributed by atoms with Crippen LogP contribution in [0.1, 0.15) is 24.8 Å². The Morgan fingerprint density at radius 1 is 1.44 bits per heavy atom. The third kappa shape index (κ3) is 2.41. The summed E-state index contributed by atoms with van der Waals surface area (Å²) in [5, 5.41) is 7.16. The Labute approximate surface area is 107 Å². The predicted molar refractivity (Wildman–Crippen MR) is 68.5 cm³/mol. The van der Waals surface area contributed by atoms with Gasteiger partial charge in [-0.3, -0.25) is 0 Å². The molecule has 3 fully saturated rings. The second kappa shape index (κ2) is 4.72. The zero-order valence-electron chi connectivity index (χ0n) is 10.8. The van der Waals surface area contributed by atoms with Gasteiger partial charge in [-0.2, -0.15) is 9.78 Å². The van der Waals surface area contributed by atoms with Crippen LogP contribution in [0, 0.1) is 12.8 Å². The van der Waals surface area contributed by atoms with E-state index in [-0.39, 0.29) is 12.1 Å². The summed E-state index contributed by atoms with van der Waals surface area (Å²) < 4.78 is 1.40. The summed E-state index contributed by atoms with van der Waals surface area (Å²) in [7, 11) is 0. The molecule has 1 unspecified atom stereocenters. The first-order valence-corrected chi connectivity index (χ1v) is 6.75. The van der Waals surface area contributed by atoms with Gasteiger partial charge in [-0.15, -0.1) is 0 Å². The van der Waals surface area contributed by atoms with Gasteiger partial charge in [0.25, 0.3) is 0 Å². The van der Waals surface area contributed by atoms with Gasteiger partial charge in [0.2, 0.25) is 0 Å². The van der Waals surface area contributed by atoms with Crippen molar-refractivity contribution in [3.8, 4) is 0 Å². The molecule has 5 heteroatoms. The fourth-order valence-corrected chi connectivity index (χ4v) is 3.06. The molecule has 0 saturated carbocycles. The number of nitrogens with zero attached hydrogens (tertiary/aromatic N) is 3. The Balaban J connectivity index is 1.64. The van der Waals surface area contributed by atoms with Crippen LogP contribution in [0.5, 0.6) is 0 Å². The lowest BCUT2D eigenvalue weighted by molar-refractivity contribution is 0.216. The maximum absolute atomic E-state index is 12.0. The molecule has 0 aromatic carbocycles. The number of hydrogen-bond donors (Lipinski definition) is 1. The van der Waals surface area contributed by atoms with Gasteiger partial charge in [-0.25, -0.2) is 4.79 Å². The third-order valence-electron chi connectivity index (χ3n) is 4.05. The number of carbonyl (C=O) groups excluding carboxylic acids is 1. The van der Waals surface area contributed by atoms with Gasteiger partial charge in [0.1, 0.15) is 0 Å². The highest BCUT2D eigenvalue weighted by Gasteiger charge is 2.29. The van der Waals surface area contributed by atoms with Crippen molar-refractivity contribution in [1.82, 2.24) is 20.0 Å². The molecule has 5 nitrogen and oxygen atoms in total. The van der Waals surface area contributed by atoms with Gasteiger partial charge in [0, 0.05) is 18.8 Å². The summed E-state index contributed by atoms with van der Waals surface area (Å²) in [6, 6.07) is 0.174. The molecular weight excluding hydrogens is 228 g/mol. The van der Waals surface area contributed by atoms with Crippen LogP contribution in [0.25, 0.3) is 0 Å². The molecule has 0 aliphatic carbocycles. The Hall–Kier alpha value is -1.36. The Kier molecular flexibility index (Phi) is 3.07. The molecule has 18 heavy (non-hydrogen) atoms. The summed E-state index contributed by atoms with van der Waals surface area (Å²) in [6.45, 7) is 5.31. The van der Waals surface area contributed by atoms with Crippen molar-refractivity contribution in [3.05, 3.63) is 18.0 Å².